The van der Waals surface area contributed by atoms with Gasteiger partial charge in [0.15, 0.2) is 0 Å². The van der Waals surface area contributed by atoms with E-state index in [0.717, 1.165) is 16.3 Å². The van der Waals surface area contributed by atoms with Crippen molar-refractivity contribution in [3.63, 3.8) is 0 Å². The van der Waals surface area contributed by atoms with E-state index in [1.165, 1.54) is 0 Å². The topological polar surface area (TPSA) is 12.0 Å². The lowest BCUT2D eigenvalue weighted by atomic mass is 9.93. The summed E-state index contributed by atoms with van der Waals surface area (Å²) in [6.45, 7) is 0. The van der Waals surface area contributed by atoms with Crippen LogP contribution in [-0.4, -0.2) is 7.05 Å². The molecule has 106 valence electrons. The Balaban J connectivity index is 2.21. The molecule has 0 bridgehead atoms. The Bertz CT molecular complexity index is 780. The van der Waals surface area contributed by atoms with Crippen molar-refractivity contribution < 1.29 is 4.39 Å². The van der Waals surface area contributed by atoms with Crippen LogP contribution in [0.5, 0.6) is 0 Å². The van der Waals surface area contributed by atoms with E-state index in [0.29, 0.717) is 10.0 Å². The zero-order valence-corrected chi connectivity index (χ0v) is 13.2. The van der Waals surface area contributed by atoms with Crippen LogP contribution in [0, 0.1) is 5.82 Å². The average molecular weight is 344 g/mol. The highest BCUT2D eigenvalue weighted by atomic mass is 79.9. The van der Waals surface area contributed by atoms with Gasteiger partial charge in [0.2, 0.25) is 0 Å². The molecule has 0 aromatic heterocycles. The van der Waals surface area contributed by atoms with Crippen molar-refractivity contribution in [2.75, 3.05) is 7.05 Å². The summed E-state index contributed by atoms with van der Waals surface area (Å²) in [5.74, 6) is -0.218. The van der Waals surface area contributed by atoms with Crippen LogP contribution in [-0.2, 0) is 0 Å². The van der Waals surface area contributed by atoms with Crippen LogP contribution < -0.4 is 5.32 Å². The third-order valence-corrected chi connectivity index (χ3v) is 4.33. The molecule has 1 atom stereocenters. The van der Waals surface area contributed by atoms with Gasteiger partial charge in [0.25, 0.3) is 0 Å². The molecule has 0 saturated carbocycles. The number of benzene rings is 3. The third-order valence-electron chi connectivity index (χ3n) is 3.72. The number of rotatable bonds is 3. The first-order chi connectivity index (χ1) is 10.2. The molecule has 0 aliphatic rings. The molecule has 0 saturated heterocycles. The van der Waals surface area contributed by atoms with Crippen LogP contribution in [0.1, 0.15) is 17.2 Å². The van der Waals surface area contributed by atoms with Gasteiger partial charge in [-0.15, -0.1) is 0 Å². The summed E-state index contributed by atoms with van der Waals surface area (Å²) in [6, 6.07) is 19.5. The molecular formula is C18H15BrFN. The van der Waals surface area contributed by atoms with Crippen LogP contribution in [0.2, 0.25) is 0 Å². The van der Waals surface area contributed by atoms with Gasteiger partial charge in [0, 0.05) is 5.56 Å². The van der Waals surface area contributed by atoms with Crippen molar-refractivity contribution in [1.82, 2.24) is 5.32 Å². The Kier molecular flexibility index (Phi) is 4.04. The lowest BCUT2D eigenvalue weighted by molar-refractivity contribution is 0.572. The van der Waals surface area contributed by atoms with Crippen molar-refractivity contribution in [1.29, 1.82) is 0 Å². The number of fused-ring (bicyclic) bond motifs is 1. The maximum Gasteiger partial charge on any atom is 0.142 e. The van der Waals surface area contributed by atoms with Gasteiger partial charge in [-0.2, -0.15) is 0 Å². The summed E-state index contributed by atoms with van der Waals surface area (Å²) < 4.78 is 14.9. The molecule has 1 N–H and O–H groups in total. The Labute approximate surface area is 131 Å². The molecule has 0 aliphatic carbocycles. The number of hydrogen-bond acceptors (Lipinski definition) is 1. The molecule has 0 amide bonds. The average Bonchev–Trinajstić information content (AvgIpc) is 2.52. The number of hydrogen-bond donors (Lipinski definition) is 1. The van der Waals surface area contributed by atoms with Gasteiger partial charge in [-0.1, -0.05) is 54.6 Å². The third kappa shape index (κ3) is 2.59. The second-order valence-electron chi connectivity index (χ2n) is 4.93. The van der Waals surface area contributed by atoms with Crippen molar-refractivity contribution in [2.45, 2.75) is 6.04 Å². The van der Waals surface area contributed by atoms with E-state index in [9.17, 15) is 4.39 Å². The van der Waals surface area contributed by atoms with Gasteiger partial charge in [0.05, 0.1) is 10.5 Å². The maximum atomic E-state index is 14.4. The summed E-state index contributed by atoms with van der Waals surface area (Å²) in [6.07, 6.45) is 0. The fourth-order valence-corrected chi connectivity index (χ4v) is 3.11. The fourth-order valence-electron chi connectivity index (χ4n) is 2.72. The summed E-state index contributed by atoms with van der Waals surface area (Å²) in [4.78, 5) is 0. The molecule has 1 unspecified atom stereocenters. The van der Waals surface area contributed by atoms with E-state index in [2.05, 4.69) is 39.4 Å². The Morgan fingerprint density at radius 1 is 0.905 bits per heavy atom. The van der Waals surface area contributed by atoms with E-state index in [1.807, 2.05) is 43.4 Å². The van der Waals surface area contributed by atoms with Crippen molar-refractivity contribution in [3.05, 3.63) is 82.1 Å². The molecule has 0 fully saturated rings. The SMILES string of the molecule is CNC(c1cccc(Br)c1F)c1cccc2ccccc12. The molecule has 3 aromatic carbocycles. The molecular weight excluding hydrogens is 329 g/mol. The normalized spacial score (nSPS) is 12.5. The fraction of sp³-hybridized carbons (Fsp3) is 0.111. The smallest absolute Gasteiger partial charge is 0.142 e. The zero-order chi connectivity index (χ0) is 14.8. The second-order valence-corrected chi connectivity index (χ2v) is 5.79. The van der Waals surface area contributed by atoms with Gasteiger partial charge >= 0.3 is 0 Å². The zero-order valence-electron chi connectivity index (χ0n) is 11.6. The van der Waals surface area contributed by atoms with E-state index in [1.54, 1.807) is 6.07 Å². The summed E-state index contributed by atoms with van der Waals surface area (Å²) in [5, 5.41) is 5.53. The van der Waals surface area contributed by atoms with E-state index < -0.39 is 0 Å². The van der Waals surface area contributed by atoms with Crippen LogP contribution in [0.15, 0.2) is 65.1 Å². The molecule has 0 heterocycles. The predicted molar refractivity (Wildman–Crippen MR) is 89.0 cm³/mol. The molecule has 3 aromatic rings. The first-order valence-electron chi connectivity index (χ1n) is 6.81. The largest absolute Gasteiger partial charge is 0.309 e. The van der Waals surface area contributed by atoms with Crippen molar-refractivity contribution >= 4 is 26.7 Å². The summed E-state index contributed by atoms with van der Waals surface area (Å²) in [5.41, 5.74) is 1.72. The minimum Gasteiger partial charge on any atom is -0.309 e. The molecule has 0 radical (unpaired) electrons. The Morgan fingerprint density at radius 2 is 1.57 bits per heavy atom. The second kappa shape index (κ2) is 5.96. The van der Waals surface area contributed by atoms with E-state index in [-0.39, 0.29) is 11.9 Å². The van der Waals surface area contributed by atoms with Crippen molar-refractivity contribution in [3.8, 4) is 0 Å². The quantitative estimate of drug-likeness (QED) is 0.701. The Hall–Kier alpha value is -1.71. The van der Waals surface area contributed by atoms with E-state index >= 15 is 0 Å². The highest BCUT2D eigenvalue weighted by molar-refractivity contribution is 9.10. The lowest BCUT2D eigenvalue weighted by Gasteiger charge is -2.20. The van der Waals surface area contributed by atoms with Crippen LogP contribution in [0.25, 0.3) is 10.8 Å². The molecule has 3 heteroatoms. The maximum absolute atomic E-state index is 14.4. The highest BCUT2D eigenvalue weighted by Crippen LogP contribution is 2.32. The van der Waals surface area contributed by atoms with Gasteiger partial charge in [-0.05, 0) is 45.4 Å². The van der Waals surface area contributed by atoms with Crippen LogP contribution >= 0.6 is 15.9 Å². The van der Waals surface area contributed by atoms with Gasteiger partial charge in [0.1, 0.15) is 5.82 Å². The van der Waals surface area contributed by atoms with Gasteiger partial charge in [-0.25, -0.2) is 4.39 Å². The first kappa shape index (κ1) is 14.2. The standard InChI is InChI=1S/C18H15BrFN/c1-21-18(15-10-5-11-16(19)17(15)20)14-9-4-7-12-6-2-3-8-13(12)14/h2-11,18,21H,1H3. The number of halogens is 2. The molecule has 1 nitrogen and oxygen atoms in total. The molecule has 21 heavy (non-hydrogen) atoms. The highest BCUT2D eigenvalue weighted by Gasteiger charge is 2.19. The monoisotopic (exact) mass is 343 g/mol. The minimum absolute atomic E-state index is 0.186. The molecule has 3 rings (SSSR count). The van der Waals surface area contributed by atoms with Crippen LogP contribution in [0.4, 0.5) is 4.39 Å². The van der Waals surface area contributed by atoms with E-state index in [4.69, 9.17) is 0 Å². The van der Waals surface area contributed by atoms with Gasteiger partial charge < -0.3 is 5.32 Å². The summed E-state index contributed by atoms with van der Waals surface area (Å²) in [7, 11) is 1.85. The molecule has 0 aliphatic heterocycles. The summed E-state index contributed by atoms with van der Waals surface area (Å²) >= 11 is 3.26. The Morgan fingerprint density at radius 3 is 2.38 bits per heavy atom. The van der Waals surface area contributed by atoms with Crippen molar-refractivity contribution in [2.24, 2.45) is 0 Å². The number of nitrogens with one attached hydrogen (secondary N) is 1. The van der Waals surface area contributed by atoms with Gasteiger partial charge in [-0.3, -0.25) is 0 Å². The van der Waals surface area contributed by atoms with Crippen LogP contribution in [0.3, 0.4) is 0 Å². The lowest BCUT2D eigenvalue weighted by Crippen LogP contribution is -2.19. The predicted octanol–water partition coefficient (Wildman–Crippen LogP) is 5.05. The molecule has 0 spiro atoms. The first-order valence-corrected chi connectivity index (χ1v) is 7.60. The minimum atomic E-state index is -0.218.